The highest BCUT2D eigenvalue weighted by Crippen LogP contribution is 2.51. The molecule has 0 spiro atoms. The molecule has 0 aliphatic heterocycles. The maximum absolute atomic E-state index is 13.3. The van der Waals surface area contributed by atoms with Gasteiger partial charge in [0.05, 0.1) is 47.2 Å². The first-order valence-corrected chi connectivity index (χ1v) is 11.0. The number of rotatable bonds is 9. The molecule has 0 unspecified atom stereocenters. The van der Waals surface area contributed by atoms with Gasteiger partial charge in [0, 0.05) is 17.0 Å². The summed E-state index contributed by atoms with van der Waals surface area (Å²) in [7, 11) is 6.12. The molecule has 1 aliphatic carbocycles. The van der Waals surface area contributed by atoms with Crippen LogP contribution in [0.25, 0.3) is 6.08 Å². The number of ether oxygens (including phenoxy) is 6. The molecule has 0 aromatic heterocycles. The number of carbonyl (C=O) groups excluding carboxylic acids is 2. The molecule has 2 aromatic rings. The van der Waals surface area contributed by atoms with Crippen molar-refractivity contribution in [2.24, 2.45) is 5.92 Å². The van der Waals surface area contributed by atoms with Gasteiger partial charge in [-0.05, 0) is 37.6 Å². The monoisotopic (exact) mass is 470 g/mol. The molecule has 0 amide bonds. The summed E-state index contributed by atoms with van der Waals surface area (Å²) in [5, 5.41) is 0. The van der Waals surface area contributed by atoms with Crippen LogP contribution in [0.4, 0.5) is 0 Å². The normalized spacial score (nSPS) is 16.6. The van der Waals surface area contributed by atoms with E-state index in [1.165, 1.54) is 28.4 Å². The summed E-state index contributed by atoms with van der Waals surface area (Å²) in [5.74, 6) is -0.899. The van der Waals surface area contributed by atoms with E-state index < -0.39 is 23.8 Å². The van der Waals surface area contributed by atoms with Crippen molar-refractivity contribution >= 4 is 18.0 Å². The predicted octanol–water partition coefficient (Wildman–Crippen LogP) is 3.99. The van der Waals surface area contributed by atoms with Crippen LogP contribution in [-0.4, -0.2) is 53.6 Å². The summed E-state index contributed by atoms with van der Waals surface area (Å²) in [6, 6.07) is 9.03. The number of para-hydroxylation sites is 1. The quantitative estimate of drug-likeness (QED) is 0.508. The number of hydrogen-bond acceptors (Lipinski definition) is 8. The van der Waals surface area contributed by atoms with E-state index in [2.05, 4.69) is 0 Å². The van der Waals surface area contributed by atoms with Crippen molar-refractivity contribution in [3.8, 4) is 23.0 Å². The summed E-state index contributed by atoms with van der Waals surface area (Å²) in [5.41, 5.74) is 2.17. The largest absolute Gasteiger partial charge is 0.493 e. The van der Waals surface area contributed by atoms with Gasteiger partial charge < -0.3 is 28.4 Å². The Morgan fingerprint density at radius 2 is 1.41 bits per heavy atom. The molecular formula is C26H30O8. The Balaban J connectivity index is 2.41. The maximum Gasteiger partial charge on any atom is 0.334 e. The second kappa shape index (κ2) is 11.0. The van der Waals surface area contributed by atoms with Gasteiger partial charge in [-0.3, -0.25) is 4.79 Å². The highest BCUT2D eigenvalue weighted by atomic mass is 16.5. The van der Waals surface area contributed by atoms with E-state index in [1.807, 2.05) is 18.2 Å². The van der Waals surface area contributed by atoms with Crippen molar-refractivity contribution in [3.63, 3.8) is 0 Å². The Morgan fingerprint density at radius 3 is 2.00 bits per heavy atom. The lowest BCUT2D eigenvalue weighted by molar-refractivity contribution is -0.150. The van der Waals surface area contributed by atoms with Gasteiger partial charge >= 0.3 is 11.9 Å². The molecule has 8 nitrogen and oxygen atoms in total. The average Bonchev–Trinajstić information content (AvgIpc) is 2.86. The topological polar surface area (TPSA) is 89.5 Å². The number of hydrogen-bond donors (Lipinski definition) is 0. The Bertz CT molecular complexity index is 1090. The fraction of sp³-hybridized carbons (Fsp3) is 0.385. The van der Waals surface area contributed by atoms with Gasteiger partial charge in [0.15, 0.2) is 23.0 Å². The lowest BCUT2D eigenvalue weighted by atomic mass is 9.70. The molecular weight excluding hydrogens is 440 g/mol. The highest BCUT2D eigenvalue weighted by molar-refractivity contribution is 6.02. The van der Waals surface area contributed by atoms with Gasteiger partial charge in [-0.15, -0.1) is 0 Å². The van der Waals surface area contributed by atoms with Gasteiger partial charge in [0.2, 0.25) is 0 Å². The third-order valence-electron chi connectivity index (χ3n) is 5.74. The first-order chi connectivity index (χ1) is 16.5. The Morgan fingerprint density at radius 1 is 0.765 bits per heavy atom. The van der Waals surface area contributed by atoms with Crippen LogP contribution in [0.15, 0.2) is 35.9 Å². The van der Waals surface area contributed by atoms with Crippen molar-refractivity contribution < 1.29 is 38.0 Å². The third kappa shape index (κ3) is 4.40. The molecule has 182 valence electrons. The Labute approximate surface area is 199 Å². The maximum atomic E-state index is 13.3. The van der Waals surface area contributed by atoms with Crippen molar-refractivity contribution in [2.75, 3.05) is 41.7 Å². The van der Waals surface area contributed by atoms with E-state index in [9.17, 15) is 9.59 Å². The minimum absolute atomic E-state index is 0.154. The number of fused-ring (bicyclic) bond motifs is 1. The summed E-state index contributed by atoms with van der Waals surface area (Å²) in [4.78, 5) is 26.5. The van der Waals surface area contributed by atoms with E-state index in [0.717, 1.165) is 5.56 Å². The average molecular weight is 471 g/mol. The van der Waals surface area contributed by atoms with Crippen LogP contribution in [0, 0.1) is 5.92 Å². The molecule has 0 saturated heterocycles. The van der Waals surface area contributed by atoms with Gasteiger partial charge in [0.25, 0.3) is 0 Å². The zero-order valence-electron chi connectivity index (χ0n) is 20.3. The van der Waals surface area contributed by atoms with Gasteiger partial charge in [-0.2, -0.15) is 0 Å². The van der Waals surface area contributed by atoms with E-state index in [1.54, 1.807) is 32.1 Å². The molecule has 2 aromatic carbocycles. The van der Waals surface area contributed by atoms with Gasteiger partial charge in [0.1, 0.15) is 5.92 Å². The van der Waals surface area contributed by atoms with Crippen LogP contribution in [0.3, 0.4) is 0 Å². The first-order valence-electron chi connectivity index (χ1n) is 11.0. The summed E-state index contributed by atoms with van der Waals surface area (Å²) >= 11 is 0. The number of esters is 2. The lowest BCUT2D eigenvalue weighted by Crippen LogP contribution is -2.34. The first kappa shape index (κ1) is 25.0. The van der Waals surface area contributed by atoms with Crippen LogP contribution >= 0.6 is 0 Å². The van der Waals surface area contributed by atoms with Crippen LogP contribution in [0.1, 0.15) is 36.5 Å². The number of carbonyl (C=O) groups is 2. The fourth-order valence-electron chi connectivity index (χ4n) is 4.39. The molecule has 0 radical (unpaired) electrons. The van der Waals surface area contributed by atoms with Crippen molar-refractivity contribution in [1.82, 2.24) is 0 Å². The van der Waals surface area contributed by atoms with E-state index in [-0.39, 0.29) is 18.8 Å². The molecule has 0 N–H and O–H groups in total. The molecule has 0 bridgehead atoms. The molecule has 3 rings (SSSR count). The number of benzene rings is 2. The summed E-state index contributed by atoms with van der Waals surface area (Å²) in [6.07, 6.45) is 1.62. The van der Waals surface area contributed by atoms with Gasteiger partial charge in [-0.25, -0.2) is 4.79 Å². The van der Waals surface area contributed by atoms with Crippen molar-refractivity contribution in [3.05, 3.63) is 52.6 Å². The Kier molecular flexibility index (Phi) is 8.04. The van der Waals surface area contributed by atoms with E-state index in [4.69, 9.17) is 28.4 Å². The molecule has 0 fully saturated rings. The van der Waals surface area contributed by atoms with Crippen molar-refractivity contribution in [1.29, 1.82) is 0 Å². The van der Waals surface area contributed by atoms with Crippen LogP contribution in [0.5, 0.6) is 23.0 Å². The fourth-order valence-corrected chi connectivity index (χ4v) is 4.39. The lowest BCUT2D eigenvalue weighted by Gasteiger charge is -2.34. The Hall–Kier alpha value is -3.68. The molecule has 0 saturated carbocycles. The second-order valence-electron chi connectivity index (χ2n) is 7.41. The molecule has 1 aliphatic rings. The molecule has 0 heterocycles. The smallest absolute Gasteiger partial charge is 0.334 e. The molecule has 2 atom stereocenters. The number of methoxy groups -OCH3 is 4. The minimum atomic E-state index is -0.981. The van der Waals surface area contributed by atoms with E-state index in [0.29, 0.717) is 34.1 Å². The zero-order valence-corrected chi connectivity index (χ0v) is 20.3. The highest BCUT2D eigenvalue weighted by Gasteiger charge is 2.44. The van der Waals surface area contributed by atoms with E-state index >= 15 is 0 Å². The summed E-state index contributed by atoms with van der Waals surface area (Å²) in [6.45, 7) is 3.74. The molecule has 34 heavy (non-hydrogen) atoms. The SMILES string of the molecule is CCOC(=O)C1=Cc2c(ccc(OC)c2OC)[C@@H](c2cccc(OC)c2OC)[C@@H]1C(=O)OCC. The predicted molar refractivity (Wildman–Crippen MR) is 126 cm³/mol. The zero-order chi connectivity index (χ0) is 24.8. The van der Waals surface area contributed by atoms with Crippen LogP contribution in [0.2, 0.25) is 0 Å². The minimum Gasteiger partial charge on any atom is -0.493 e. The second-order valence-corrected chi connectivity index (χ2v) is 7.41. The van der Waals surface area contributed by atoms with Crippen LogP contribution in [-0.2, 0) is 19.1 Å². The summed E-state index contributed by atoms with van der Waals surface area (Å²) < 4.78 is 33.1. The van der Waals surface area contributed by atoms with Gasteiger partial charge in [-0.1, -0.05) is 18.2 Å². The van der Waals surface area contributed by atoms with Crippen LogP contribution < -0.4 is 18.9 Å². The standard InChI is InChI=1S/C26H30O8/c1-7-33-25(27)18-14-17-15(12-13-20(30-4)24(17)32-6)21(22(18)26(28)34-8-2)16-10-9-11-19(29-3)23(16)31-5/h9-14,21-22H,7-8H2,1-6H3/t21-,22+/m0/s1. The third-order valence-corrected chi connectivity index (χ3v) is 5.74. The van der Waals surface area contributed by atoms with Crippen molar-refractivity contribution in [2.45, 2.75) is 19.8 Å². The molecule has 8 heteroatoms.